The lowest BCUT2D eigenvalue weighted by atomic mass is 10.0. The van der Waals surface area contributed by atoms with Gasteiger partial charge in [0.05, 0.1) is 23.8 Å². The molecule has 0 spiro atoms. The number of H-pyrrole nitrogens is 1. The molecular weight excluding hydrogens is 547 g/mol. The highest BCUT2D eigenvalue weighted by Crippen LogP contribution is 2.34. The lowest BCUT2D eigenvalue weighted by molar-refractivity contribution is 0.102. The molecule has 13 heteroatoms. The van der Waals surface area contributed by atoms with Crippen LogP contribution in [-0.4, -0.2) is 45.4 Å². The van der Waals surface area contributed by atoms with Gasteiger partial charge < -0.3 is 10.2 Å². The van der Waals surface area contributed by atoms with Gasteiger partial charge in [-0.2, -0.15) is 10.2 Å². The Morgan fingerprint density at radius 2 is 1.85 bits per heavy atom. The zero-order valence-electron chi connectivity index (χ0n) is 22.5. The van der Waals surface area contributed by atoms with Gasteiger partial charge in [0.15, 0.2) is 11.3 Å². The molecule has 3 aromatic heterocycles. The van der Waals surface area contributed by atoms with Gasteiger partial charge >= 0.3 is 0 Å². The van der Waals surface area contributed by atoms with Crippen LogP contribution in [0.25, 0.3) is 16.9 Å². The zero-order valence-corrected chi connectivity index (χ0v) is 23.3. The van der Waals surface area contributed by atoms with Crippen LogP contribution in [0.3, 0.4) is 0 Å². The number of fused-ring (bicyclic) bond motifs is 2. The van der Waals surface area contributed by atoms with Crippen molar-refractivity contribution >= 4 is 38.8 Å². The summed E-state index contributed by atoms with van der Waals surface area (Å²) in [6, 6.07) is 13.1. The number of carbonyl (C=O) groups is 1. The molecule has 210 valence electrons. The summed E-state index contributed by atoms with van der Waals surface area (Å²) in [6.45, 7) is 4.99. The van der Waals surface area contributed by atoms with Crippen molar-refractivity contribution in [3.05, 3.63) is 89.1 Å². The van der Waals surface area contributed by atoms with Crippen LogP contribution in [0.15, 0.2) is 60.9 Å². The topological polar surface area (TPSA) is 137 Å². The number of halogens is 1. The molecule has 1 aliphatic rings. The lowest BCUT2D eigenvalue weighted by Gasteiger charge is -2.18. The highest BCUT2D eigenvalue weighted by Gasteiger charge is 2.28. The molecule has 6 rings (SSSR count). The molecule has 0 fully saturated rings. The molecule has 0 bridgehead atoms. The van der Waals surface area contributed by atoms with Gasteiger partial charge in [0.2, 0.25) is 10.0 Å². The largest absolute Gasteiger partial charge is 0.348 e. The quantitative estimate of drug-likeness (QED) is 0.260. The number of aromatic amines is 1. The van der Waals surface area contributed by atoms with Crippen molar-refractivity contribution in [1.82, 2.24) is 24.8 Å². The number of aromatic nitrogens is 5. The molecular formula is C28H27FN8O3S. The van der Waals surface area contributed by atoms with Crippen LogP contribution in [-0.2, 0) is 23.1 Å². The second-order valence-electron chi connectivity index (χ2n) is 10.3. The first-order valence-corrected chi connectivity index (χ1v) is 14.8. The van der Waals surface area contributed by atoms with Crippen molar-refractivity contribution in [3.63, 3.8) is 0 Å². The third kappa shape index (κ3) is 5.23. The summed E-state index contributed by atoms with van der Waals surface area (Å²) < 4.78 is 41.3. The number of carbonyl (C=O) groups excluding carboxylic acids is 1. The summed E-state index contributed by atoms with van der Waals surface area (Å²) in [5, 5.41) is 14.5. The minimum Gasteiger partial charge on any atom is -0.348 e. The lowest BCUT2D eigenvalue weighted by Crippen LogP contribution is -2.17. The van der Waals surface area contributed by atoms with Gasteiger partial charge in [-0.1, -0.05) is 26.0 Å². The minimum absolute atomic E-state index is 0.115. The summed E-state index contributed by atoms with van der Waals surface area (Å²) in [5.74, 6) is -0.186. The molecule has 5 aromatic rings. The molecule has 1 aliphatic heterocycles. The van der Waals surface area contributed by atoms with Crippen molar-refractivity contribution in [2.24, 2.45) is 0 Å². The van der Waals surface area contributed by atoms with Gasteiger partial charge in [-0.15, -0.1) is 0 Å². The molecule has 0 saturated carbocycles. The van der Waals surface area contributed by atoms with Crippen LogP contribution in [0, 0.1) is 5.82 Å². The molecule has 0 atom stereocenters. The Hall–Kier alpha value is -4.78. The Labute approximate surface area is 235 Å². The maximum Gasteiger partial charge on any atom is 0.276 e. The predicted octanol–water partition coefficient (Wildman–Crippen LogP) is 4.53. The fraction of sp³-hybridized carbons (Fsp3) is 0.214. The number of hydrogen-bond donors (Lipinski definition) is 3. The Balaban J connectivity index is 1.43. The van der Waals surface area contributed by atoms with Crippen LogP contribution in [0.1, 0.15) is 46.9 Å². The number of anilines is 3. The van der Waals surface area contributed by atoms with Crippen molar-refractivity contribution < 1.29 is 17.6 Å². The third-order valence-corrected chi connectivity index (χ3v) is 7.44. The van der Waals surface area contributed by atoms with E-state index in [4.69, 9.17) is 10.1 Å². The Morgan fingerprint density at radius 3 is 2.59 bits per heavy atom. The molecule has 0 radical (unpaired) electrons. The number of rotatable bonds is 7. The van der Waals surface area contributed by atoms with Crippen LogP contribution < -0.4 is 14.9 Å². The van der Waals surface area contributed by atoms with Gasteiger partial charge in [-0.25, -0.2) is 22.3 Å². The maximum absolute atomic E-state index is 13.9. The van der Waals surface area contributed by atoms with Crippen LogP contribution in [0.2, 0.25) is 0 Å². The molecule has 2 aromatic carbocycles. The minimum atomic E-state index is -3.48. The van der Waals surface area contributed by atoms with Gasteiger partial charge in [-0.05, 0) is 47.4 Å². The molecule has 3 N–H and O–H groups in total. The van der Waals surface area contributed by atoms with E-state index in [2.05, 4.69) is 25.1 Å². The summed E-state index contributed by atoms with van der Waals surface area (Å²) >= 11 is 0. The highest BCUT2D eigenvalue weighted by molar-refractivity contribution is 7.92. The summed E-state index contributed by atoms with van der Waals surface area (Å²) in [5.41, 5.74) is 5.47. The van der Waals surface area contributed by atoms with Crippen molar-refractivity contribution in [3.8, 4) is 11.3 Å². The SMILES string of the molecule is CC(C)c1c(C(=O)Nc2cccc(NS(C)(=O)=O)c2)nn2c(-c3cn[nH]c3)cc(N3Cc4ccc(F)cc4C3)nc12. The third-order valence-electron chi connectivity index (χ3n) is 6.84. The number of nitrogens with zero attached hydrogens (tertiary/aromatic N) is 5. The van der Waals surface area contributed by atoms with E-state index in [0.717, 1.165) is 22.9 Å². The summed E-state index contributed by atoms with van der Waals surface area (Å²) in [4.78, 5) is 20.6. The molecule has 11 nitrogen and oxygen atoms in total. The first kappa shape index (κ1) is 26.4. The molecule has 1 amide bonds. The van der Waals surface area contributed by atoms with Crippen LogP contribution >= 0.6 is 0 Å². The number of nitrogens with one attached hydrogen (secondary N) is 3. The van der Waals surface area contributed by atoms with Gasteiger partial charge in [0.1, 0.15) is 11.6 Å². The van der Waals surface area contributed by atoms with E-state index in [-0.39, 0.29) is 17.4 Å². The van der Waals surface area contributed by atoms with E-state index >= 15 is 0 Å². The predicted molar refractivity (Wildman–Crippen MR) is 154 cm³/mol. The van der Waals surface area contributed by atoms with E-state index in [1.807, 2.05) is 19.9 Å². The Kier molecular flexibility index (Phi) is 6.45. The molecule has 41 heavy (non-hydrogen) atoms. The Bertz CT molecular complexity index is 1900. The van der Waals surface area contributed by atoms with E-state index in [0.29, 0.717) is 47.2 Å². The fourth-order valence-corrected chi connectivity index (χ4v) is 5.62. The van der Waals surface area contributed by atoms with Gasteiger partial charge in [0, 0.05) is 42.2 Å². The Morgan fingerprint density at radius 1 is 1.07 bits per heavy atom. The second kappa shape index (κ2) is 10.0. The zero-order chi connectivity index (χ0) is 28.9. The molecule has 0 aliphatic carbocycles. The van der Waals surface area contributed by atoms with E-state index < -0.39 is 15.9 Å². The van der Waals surface area contributed by atoms with E-state index in [1.54, 1.807) is 47.2 Å². The van der Waals surface area contributed by atoms with Crippen molar-refractivity contribution in [2.75, 3.05) is 21.2 Å². The summed E-state index contributed by atoms with van der Waals surface area (Å²) in [7, 11) is -3.48. The molecule has 0 saturated heterocycles. The number of sulfonamides is 1. The first-order chi connectivity index (χ1) is 19.6. The number of amides is 1. The normalized spacial score (nSPS) is 13.1. The fourth-order valence-electron chi connectivity index (χ4n) is 5.07. The number of benzene rings is 2. The highest BCUT2D eigenvalue weighted by atomic mass is 32.2. The maximum atomic E-state index is 13.9. The number of hydrogen-bond acceptors (Lipinski definition) is 7. The average molecular weight is 575 g/mol. The average Bonchev–Trinajstić information content (AvgIpc) is 3.65. The van der Waals surface area contributed by atoms with E-state index in [9.17, 15) is 17.6 Å². The van der Waals surface area contributed by atoms with Crippen LogP contribution in [0.4, 0.5) is 21.6 Å². The van der Waals surface area contributed by atoms with Gasteiger partial charge in [0.25, 0.3) is 5.91 Å². The standard InChI is InChI=1S/C28H27FN8O3S/c1-16(2)25-26(28(38)32-21-5-4-6-22(10-21)35-41(3,39)40)34-37-23(19-12-30-31-13-19)11-24(33-27(25)37)36-14-17-7-8-20(29)9-18(17)15-36/h4-13,16,35H,14-15H2,1-3H3,(H,30,31)(H,32,38). The van der Waals surface area contributed by atoms with Crippen molar-refractivity contribution in [2.45, 2.75) is 32.9 Å². The first-order valence-electron chi connectivity index (χ1n) is 12.9. The molecule has 4 heterocycles. The van der Waals surface area contributed by atoms with Gasteiger partial charge in [-0.3, -0.25) is 14.6 Å². The summed E-state index contributed by atoms with van der Waals surface area (Å²) in [6.07, 6.45) is 4.47. The molecule has 0 unspecified atom stereocenters. The van der Waals surface area contributed by atoms with E-state index in [1.165, 1.54) is 12.1 Å². The van der Waals surface area contributed by atoms with Crippen LogP contribution in [0.5, 0.6) is 0 Å². The second-order valence-corrected chi connectivity index (χ2v) is 12.1. The van der Waals surface area contributed by atoms with Crippen molar-refractivity contribution in [1.29, 1.82) is 0 Å². The monoisotopic (exact) mass is 574 g/mol. The smallest absolute Gasteiger partial charge is 0.276 e.